The van der Waals surface area contributed by atoms with Crippen molar-refractivity contribution in [2.45, 2.75) is 19.5 Å². The summed E-state index contributed by atoms with van der Waals surface area (Å²) in [5, 5.41) is 14.6. The molecule has 1 aromatic carbocycles. The highest BCUT2D eigenvalue weighted by Gasteiger charge is 2.20. The summed E-state index contributed by atoms with van der Waals surface area (Å²) in [5.74, 6) is 0.0174. The minimum Gasteiger partial charge on any atom is -0.423 e. The van der Waals surface area contributed by atoms with Crippen LogP contribution in [0.25, 0.3) is 22.6 Å². The van der Waals surface area contributed by atoms with Crippen molar-refractivity contribution in [1.29, 1.82) is 0 Å². The highest BCUT2D eigenvalue weighted by atomic mass is 19.3. The monoisotopic (exact) mass is 408 g/mol. The first-order valence-electron chi connectivity index (χ1n) is 9.06. The molecule has 0 spiro atoms. The Hall–Kier alpha value is -3.95. The van der Waals surface area contributed by atoms with Crippen LogP contribution in [0.4, 0.5) is 8.78 Å². The van der Waals surface area contributed by atoms with E-state index in [0.717, 1.165) is 29.3 Å². The summed E-state index contributed by atoms with van der Waals surface area (Å²) in [7, 11) is 0. The summed E-state index contributed by atoms with van der Waals surface area (Å²) >= 11 is 0. The number of nitrogens with one attached hydrogen (secondary N) is 1. The minimum atomic E-state index is -2.67. The van der Waals surface area contributed by atoms with Crippen LogP contribution in [0.5, 0.6) is 0 Å². The first-order valence-corrected chi connectivity index (χ1v) is 9.06. The molecular formula is C20H14F2N6O2. The average molecular weight is 408 g/mol. The van der Waals surface area contributed by atoms with E-state index >= 15 is 0 Å². The van der Waals surface area contributed by atoms with Gasteiger partial charge in [0.15, 0.2) is 0 Å². The SMILES string of the molecule is O=C1NCc2ccc(-c3cnn(Cc4ncc(C(F)F)cc4-c4nnco4)c3)cc21. The number of nitrogens with zero attached hydrogens (tertiary/aromatic N) is 5. The Kier molecular flexibility index (Phi) is 4.31. The maximum absolute atomic E-state index is 13.1. The lowest BCUT2D eigenvalue weighted by Gasteiger charge is -2.08. The second kappa shape index (κ2) is 7.14. The largest absolute Gasteiger partial charge is 0.423 e. The van der Waals surface area contributed by atoms with E-state index in [1.165, 1.54) is 6.07 Å². The first kappa shape index (κ1) is 18.1. The Morgan fingerprint density at radius 1 is 1.17 bits per heavy atom. The Morgan fingerprint density at radius 2 is 2.07 bits per heavy atom. The molecule has 0 radical (unpaired) electrons. The topological polar surface area (TPSA) is 98.7 Å². The molecule has 5 rings (SSSR count). The molecule has 1 aliphatic rings. The zero-order valence-corrected chi connectivity index (χ0v) is 15.4. The smallest absolute Gasteiger partial charge is 0.265 e. The lowest BCUT2D eigenvalue weighted by atomic mass is 10.0. The van der Waals surface area contributed by atoms with Crippen LogP contribution < -0.4 is 5.32 Å². The molecule has 150 valence electrons. The van der Waals surface area contributed by atoms with Crippen molar-refractivity contribution in [2.75, 3.05) is 0 Å². The van der Waals surface area contributed by atoms with Crippen LogP contribution in [0, 0.1) is 0 Å². The number of benzene rings is 1. The molecule has 0 atom stereocenters. The summed E-state index contributed by atoms with van der Waals surface area (Å²) in [6.07, 6.45) is 3.07. The fraction of sp³-hybridized carbons (Fsp3) is 0.150. The van der Waals surface area contributed by atoms with Crippen molar-refractivity contribution in [3.05, 3.63) is 71.6 Å². The van der Waals surface area contributed by atoms with E-state index in [9.17, 15) is 13.6 Å². The maximum Gasteiger partial charge on any atom is 0.265 e. The predicted molar refractivity (Wildman–Crippen MR) is 100 cm³/mol. The van der Waals surface area contributed by atoms with Gasteiger partial charge in [-0.15, -0.1) is 10.2 Å². The number of pyridine rings is 1. The third kappa shape index (κ3) is 3.21. The molecule has 0 saturated heterocycles. The summed E-state index contributed by atoms with van der Waals surface area (Å²) in [4.78, 5) is 16.1. The summed E-state index contributed by atoms with van der Waals surface area (Å²) in [6.45, 7) is 0.749. The molecule has 1 aliphatic heterocycles. The second-order valence-corrected chi connectivity index (χ2v) is 6.79. The maximum atomic E-state index is 13.1. The van der Waals surface area contributed by atoms with Crippen molar-refractivity contribution in [3.8, 4) is 22.6 Å². The second-order valence-electron chi connectivity index (χ2n) is 6.79. The average Bonchev–Trinajstić information content (AvgIpc) is 3.50. The predicted octanol–water partition coefficient (Wildman–Crippen LogP) is 3.22. The van der Waals surface area contributed by atoms with Gasteiger partial charge in [0.25, 0.3) is 12.3 Å². The molecule has 1 N–H and O–H groups in total. The fourth-order valence-electron chi connectivity index (χ4n) is 3.38. The van der Waals surface area contributed by atoms with Crippen LogP contribution in [0.1, 0.15) is 33.6 Å². The molecule has 1 amide bonds. The van der Waals surface area contributed by atoms with Gasteiger partial charge in [0, 0.05) is 35.6 Å². The van der Waals surface area contributed by atoms with Gasteiger partial charge in [0.05, 0.1) is 24.0 Å². The number of hydrogen-bond acceptors (Lipinski definition) is 6. The highest BCUT2D eigenvalue weighted by molar-refractivity contribution is 5.99. The lowest BCUT2D eigenvalue weighted by molar-refractivity contribution is 0.0965. The molecule has 0 fully saturated rings. The molecule has 0 saturated carbocycles. The van der Waals surface area contributed by atoms with Gasteiger partial charge in [-0.3, -0.25) is 14.5 Å². The van der Waals surface area contributed by atoms with Crippen LogP contribution in [0.2, 0.25) is 0 Å². The van der Waals surface area contributed by atoms with E-state index < -0.39 is 6.43 Å². The van der Waals surface area contributed by atoms with Crippen LogP contribution >= 0.6 is 0 Å². The Morgan fingerprint density at radius 3 is 2.87 bits per heavy atom. The third-order valence-electron chi connectivity index (χ3n) is 4.91. The Bertz CT molecular complexity index is 1240. The van der Waals surface area contributed by atoms with E-state index in [1.54, 1.807) is 17.1 Å². The van der Waals surface area contributed by atoms with Crippen molar-refractivity contribution in [3.63, 3.8) is 0 Å². The van der Waals surface area contributed by atoms with E-state index in [1.807, 2.05) is 18.2 Å². The van der Waals surface area contributed by atoms with Gasteiger partial charge in [-0.1, -0.05) is 12.1 Å². The zero-order chi connectivity index (χ0) is 20.7. The van der Waals surface area contributed by atoms with Gasteiger partial charge >= 0.3 is 0 Å². The van der Waals surface area contributed by atoms with E-state index in [-0.39, 0.29) is 23.9 Å². The quantitative estimate of drug-likeness (QED) is 0.544. The number of hydrogen-bond donors (Lipinski definition) is 1. The number of aromatic nitrogens is 5. The van der Waals surface area contributed by atoms with Gasteiger partial charge in [-0.2, -0.15) is 5.10 Å². The first-order chi connectivity index (χ1) is 14.6. The molecule has 30 heavy (non-hydrogen) atoms. The van der Waals surface area contributed by atoms with Gasteiger partial charge in [-0.05, 0) is 23.3 Å². The van der Waals surface area contributed by atoms with Gasteiger partial charge < -0.3 is 9.73 Å². The molecule has 3 aromatic heterocycles. The number of carbonyl (C=O) groups is 1. The highest BCUT2D eigenvalue weighted by Crippen LogP contribution is 2.28. The van der Waals surface area contributed by atoms with Gasteiger partial charge in [0.2, 0.25) is 12.3 Å². The lowest BCUT2D eigenvalue weighted by Crippen LogP contribution is -2.12. The summed E-state index contributed by atoms with van der Waals surface area (Å²) in [6, 6.07) is 6.97. The summed E-state index contributed by atoms with van der Waals surface area (Å²) in [5.41, 5.74) is 3.86. The molecule has 10 heteroatoms. The number of carbonyl (C=O) groups excluding carboxylic acids is 1. The number of rotatable bonds is 5. The van der Waals surface area contributed by atoms with Crippen molar-refractivity contribution in [1.82, 2.24) is 30.3 Å². The number of amides is 1. The van der Waals surface area contributed by atoms with Crippen LogP contribution in [0.3, 0.4) is 0 Å². The molecule has 4 heterocycles. The molecule has 4 aromatic rings. The van der Waals surface area contributed by atoms with Crippen LogP contribution in [0.15, 0.2) is 53.7 Å². The number of fused-ring (bicyclic) bond motifs is 1. The van der Waals surface area contributed by atoms with Gasteiger partial charge in [0.1, 0.15) is 0 Å². The summed E-state index contributed by atoms with van der Waals surface area (Å²) < 4.78 is 33.0. The van der Waals surface area contributed by atoms with E-state index in [0.29, 0.717) is 23.4 Å². The zero-order valence-electron chi connectivity index (χ0n) is 15.4. The van der Waals surface area contributed by atoms with Crippen molar-refractivity contribution < 1.29 is 18.0 Å². The number of halogens is 2. The molecule has 0 aliphatic carbocycles. The van der Waals surface area contributed by atoms with E-state index in [4.69, 9.17) is 4.42 Å². The minimum absolute atomic E-state index is 0.0910. The van der Waals surface area contributed by atoms with Crippen molar-refractivity contribution in [2.24, 2.45) is 0 Å². The molecule has 0 unspecified atom stereocenters. The van der Waals surface area contributed by atoms with E-state index in [2.05, 4.69) is 25.6 Å². The molecule has 0 bridgehead atoms. The Balaban J connectivity index is 1.46. The normalized spacial score (nSPS) is 13.0. The third-order valence-corrected chi connectivity index (χ3v) is 4.91. The van der Waals surface area contributed by atoms with Crippen molar-refractivity contribution >= 4 is 5.91 Å². The standard InChI is InChI=1S/C20H14F2N6O2/c21-18(22)13-4-16(20-27-25-10-30-20)17(23-6-13)9-28-8-14(7-26-28)11-1-2-12-5-24-19(29)15(12)3-11/h1-4,6-8,10,18H,5,9H2,(H,24,29). The molecule has 8 nitrogen and oxygen atoms in total. The fourth-order valence-corrected chi connectivity index (χ4v) is 3.38. The Labute approximate surface area is 168 Å². The van der Waals surface area contributed by atoms with Crippen LogP contribution in [-0.4, -0.2) is 30.9 Å². The number of alkyl halides is 2. The molecular weight excluding hydrogens is 394 g/mol. The van der Waals surface area contributed by atoms with Crippen LogP contribution in [-0.2, 0) is 13.1 Å². The van der Waals surface area contributed by atoms with Gasteiger partial charge in [-0.25, -0.2) is 8.78 Å².